The van der Waals surface area contributed by atoms with Crippen molar-refractivity contribution in [3.05, 3.63) is 94.0 Å². The summed E-state index contributed by atoms with van der Waals surface area (Å²) in [5.41, 5.74) is 2.86. The molecule has 1 fully saturated rings. The molecule has 7 nitrogen and oxygen atoms in total. The number of Topliss-reactive ketones (excluding diaryl/α,β-unsaturated/α-hetero) is 1. The Morgan fingerprint density at radius 3 is 2.50 bits per heavy atom. The van der Waals surface area contributed by atoms with E-state index in [0.717, 1.165) is 11.1 Å². The van der Waals surface area contributed by atoms with E-state index in [1.165, 1.54) is 11.0 Å². The van der Waals surface area contributed by atoms with Crippen LogP contribution in [0, 0.1) is 17.8 Å². The number of hydrogen-bond acceptors (Lipinski definition) is 6. The Kier molecular flexibility index (Phi) is 5.26. The van der Waals surface area contributed by atoms with Crippen LogP contribution in [0.4, 0.5) is 0 Å². The fourth-order valence-electron chi connectivity index (χ4n) is 6.31. The molecular formula is C29H25NO6. The number of allylic oxidation sites excluding steroid dienone is 6. The van der Waals surface area contributed by atoms with Crippen LogP contribution >= 0.6 is 0 Å². The molecule has 3 aliphatic carbocycles. The molecule has 2 amide bonds. The second kappa shape index (κ2) is 8.38. The van der Waals surface area contributed by atoms with Crippen LogP contribution in [0.15, 0.2) is 81.3 Å². The third kappa shape index (κ3) is 3.30. The number of ketones is 2. The minimum Gasteiger partial charge on any atom is -0.463 e. The van der Waals surface area contributed by atoms with E-state index in [0.29, 0.717) is 34.7 Å². The number of aliphatic hydroxyl groups excluding tert-OH is 1. The van der Waals surface area contributed by atoms with Gasteiger partial charge in [0.15, 0.2) is 11.6 Å². The topological polar surface area (TPSA) is 105 Å². The van der Waals surface area contributed by atoms with Crippen LogP contribution < -0.4 is 0 Å². The number of hydrogen-bond donors (Lipinski definition) is 1. The summed E-state index contributed by atoms with van der Waals surface area (Å²) < 4.78 is 5.88. The lowest BCUT2D eigenvalue weighted by molar-refractivity contribution is -0.140. The van der Waals surface area contributed by atoms with Crippen LogP contribution in [0.1, 0.15) is 42.8 Å². The van der Waals surface area contributed by atoms with Gasteiger partial charge in [-0.3, -0.25) is 24.1 Å². The number of nitrogens with zero attached hydrogens (tertiary/aromatic N) is 1. The summed E-state index contributed by atoms with van der Waals surface area (Å²) in [6.07, 6.45) is 3.94. The molecule has 1 N–H and O–H groups in total. The van der Waals surface area contributed by atoms with Crippen molar-refractivity contribution in [3.63, 3.8) is 0 Å². The SMILES string of the molecule is CC1=CC(=O)C2=C(C1=O)[C@@H](c1ccc(CO)o1)C1=CC[C@@H]3C(=O)N(Cc4ccccc4)C(=O)[C@@H]3[C@@H]1C2. The fraction of sp³-hybridized carbons (Fsp3) is 0.310. The molecule has 2 aromatic rings. The summed E-state index contributed by atoms with van der Waals surface area (Å²) in [5, 5.41) is 9.55. The zero-order valence-electron chi connectivity index (χ0n) is 19.8. The number of carbonyl (C=O) groups is 4. The zero-order valence-corrected chi connectivity index (χ0v) is 19.8. The van der Waals surface area contributed by atoms with Crippen molar-refractivity contribution in [2.24, 2.45) is 17.8 Å². The predicted molar refractivity (Wildman–Crippen MR) is 128 cm³/mol. The van der Waals surface area contributed by atoms with E-state index in [4.69, 9.17) is 4.42 Å². The molecule has 0 saturated carbocycles. The van der Waals surface area contributed by atoms with Crippen molar-refractivity contribution in [1.29, 1.82) is 0 Å². The number of aliphatic hydroxyl groups is 1. The zero-order chi connectivity index (χ0) is 25.1. The highest BCUT2D eigenvalue weighted by Gasteiger charge is 2.56. The highest BCUT2D eigenvalue weighted by molar-refractivity contribution is 6.23. The number of likely N-dealkylation sites (tertiary alicyclic amines) is 1. The van der Waals surface area contributed by atoms with E-state index in [2.05, 4.69) is 0 Å². The Morgan fingerprint density at radius 2 is 1.78 bits per heavy atom. The van der Waals surface area contributed by atoms with Crippen molar-refractivity contribution in [3.8, 4) is 0 Å². The van der Waals surface area contributed by atoms with Crippen LogP contribution in [-0.2, 0) is 32.3 Å². The predicted octanol–water partition coefficient (Wildman–Crippen LogP) is 3.40. The average Bonchev–Trinajstić information content (AvgIpc) is 3.46. The van der Waals surface area contributed by atoms with Crippen molar-refractivity contribution >= 4 is 23.4 Å². The van der Waals surface area contributed by atoms with Crippen molar-refractivity contribution in [2.75, 3.05) is 0 Å². The number of amides is 2. The molecule has 0 spiro atoms. The average molecular weight is 484 g/mol. The van der Waals surface area contributed by atoms with Crippen molar-refractivity contribution in [1.82, 2.24) is 4.90 Å². The van der Waals surface area contributed by atoms with Crippen molar-refractivity contribution in [2.45, 2.75) is 38.8 Å². The first-order chi connectivity index (χ1) is 17.4. The molecule has 7 heteroatoms. The molecule has 1 saturated heterocycles. The summed E-state index contributed by atoms with van der Waals surface area (Å²) in [4.78, 5) is 54.8. The van der Waals surface area contributed by atoms with Gasteiger partial charge in [-0.05, 0) is 49.5 Å². The third-order valence-corrected chi connectivity index (χ3v) is 7.96. The maximum absolute atomic E-state index is 13.7. The maximum atomic E-state index is 13.7. The first-order valence-electron chi connectivity index (χ1n) is 12.2. The number of benzene rings is 1. The highest BCUT2D eigenvalue weighted by Crippen LogP contribution is 2.55. The minimum absolute atomic E-state index is 0.192. The molecule has 1 aromatic heterocycles. The van der Waals surface area contributed by atoms with Gasteiger partial charge in [-0.25, -0.2) is 0 Å². The van der Waals surface area contributed by atoms with Gasteiger partial charge < -0.3 is 9.52 Å². The summed E-state index contributed by atoms with van der Waals surface area (Å²) in [7, 11) is 0. The second-order valence-electron chi connectivity index (χ2n) is 9.94. The molecular weight excluding hydrogens is 458 g/mol. The molecule has 0 unspecified atom stereocenters. The first-order valence-corrected chi connectivity index (χ1v) is 12.2. The number of imide groups is 1. The first kappa shape index (κ1) is 22.6. The fourth-order valence-corrected chi connectivity index (χ4v) is 6.31. The van der Waals surface area contributed by atoms with Crippen LogP contribution in [0.3, 0.4) is 0 Å². The Hall–Kier alpha value is -3.84. The molecule has 4 aliphatic rings. The lowest BCUT2D eigenvalue weighted by Crippen LogP contribution is -2.39. The van der Waals surface area contributed by atoms with Gasteiger partial charge in [-0.15, -0.1) is 0 Å². The summed E-state index contributed by atoms with van der Waals surface area (Å²) in [6, 6.07) is 12.8. The van der Waals surface area contributed by atoms with E-state index in [1.54, 1.807) is 19.1 Å². The molecule has 0 radical (unpaired) electrons. The van der Waals surface area contributed by atoms with E-state index in [1.807, 2.05) is 36.4 Å². The smallest absolute Gasteiger partial charge is 0.234 e. The summed E-state index contributed by atoms with van der Waals surface area (Å²) >= 11 is 0. The molecule has 182 valence electrons. The van der Waals surface area contributed by atoms with Gasteiger partial charge in [-0.1, -0.05) is 42.0 Å². The van der Waals surface area contributed by atoms with Crippen LogP contribution in [0.2, 0.25) is 0 Å². The molecule has 4 atom stereocenters. The van der Waals surface area contributed by atoms with Crippen LogP contribution in [0.25, 0.3) is 0 Å². The van der Waals surface area contributed by atoms with E-state index >= 15 is 0 Å². The lowest BCUT2D eigenvalue weighted by atomic mass is 9.60. The number of fused-ring (bicyclic) bond motifs is 3. The number of furan rings is 1. The van der Waals surface area contributed by atoms with Gasteiger partial charge in [0.05, 0.1) is 24.3 Å². The minimum atomic E-state index is -0.633. The van der Waals surface area contributed by atoms with Gasteiger partial charge >= 0.3 is 0 Å². The van der Waals surface area contributed by atoms with E-state index in [9.17, 15) is 24.3 Å². The van der Waals surface area contributed by atoms with Gasteiger partial charge in [0.1, 0.15) is 18.1 Å². The monoisotopic (exact) mass is 483 g/mol. The third-order valence-electron chi connectivity index (χ3n) is 7.96. The number of carbonyl (C=O) groups excluding carboxylic acids is 4. The second-order valence-corrected chi connectivity index (χ2v) is 9.94. The number of rotatable bonds is 4. The quantitative estimate of drug-likeness (QED) is 0.406. The Bertz CT molecular complexity index is 1410. The van der Waals surface area contributed by atoms with Gasteiger partial charge in [0.25, 0.3) is 0 Å². The molecule has 0 bridgehead atoms. The molecule has 2 heterocycles. The van der Waals surface area contributed by atoms with Gasteiger partial charge in [0, 0.05) is 16.7 Å². The van der Waals surface area contributed by atoms with Crippen LogP contribution in [-0.4, -0.2) is 33.4 Å². The Balaban J connectivity index is 1.43. The Labute approximate surface area is 207 Å². The summed E-state index contributed by atoms with van der Waals surface area (Å²) in [5.74, 6) is -2.18. The molecule has 1 aromatic carbocycles. The van der Waals surface area contributed by atoms with Gasteiger partial charge in [-0.2, -0.15) is 0 Å². The molecule has 1 aliphatic heterocycles. The highest BCUT2D eigenvalue weighted by atomic mass is 16.4. The molecule has 36 heavy (non-hydrogen) atoms. The largest absolute Gasteiger partial charge is 0.463 e. The standard InChI is InChI=1S/C29H25NO6/c1-15-11-22(32)21-12-20-18(25(26(21)27(15)33)23-10-7-17(14-31)36-23)8-9-19-24(20)29(35)30(28(19)34)13-16-5-3-2-4-6-16/h2-8,10-11,19-20,24-25,31H,9,12-14H2,1H3/t19-,20+,24-,25+/m0/s1. The van der Waals surface area contributed by atoms with Crippen molar-refractivity contribution < 1.29 is 28.7 Å². The van der Waals surface area contributed by atoms with Gasteiger partial charge in [0.2, 0.25) is 11.8 Å². The van der Waals surface area contributed by atoms with E-state index < -0.39 is 23.7 Å². The van der Waals surface area contributed by atoms with E-state index in [-0.39, 0.29) is 43.0 Å². The molecule has 6 rings (SSSR count). The lowest BCUT2D eigenvalue weighted by Gasteiger charge is -2.41. The Morgan fingerprint density at radius 1 is 1.00 bits per heavy atom. The normalized spacial score (nSPS) is 27.6. The van der Waals surface area contributed by atoms with Crippen LogP contribution in [0.5, 0.6) is 0 Å². The maximum Gasteiger partial charge on any atom is 0.234 e. The summed E-state index contributed by atoms with van der Waals surface area (Å²) in [6.45, 7) is 1.54.